The lowest BCUT2D eigenvalue weighted by Gasteiger charge is -2.33. The van der Waals surface area contributed by atoms with E-state index >= 15 is 0 Å². The summed E-state index contributed by atoms with van der Waals surface area (Å²) in [5, 5.41) is 3.32. The Bertz CT molecular complexity index is 407. The summed E-state index contributed by atoms with van der Waals surface area (Å²) in [6.07, 6.45) is 0. The Morgan fingerprint density at radius 3 is 2.79 bits per heavy atom. The van der Waals surface area contributed by atoms with Crippen molar-refractivity contribution in [2.45, 2.75) is 19.5 Å². The van der Waals surface area contributed by atoms with E-state index in [0.29, 0.717) is 6.54 Å². The summed E-state index contributed by atoms with van der Waals surface area (Å²) in [4.78, 5) is 16.6. The smallest absolute Gasteiger partial charge is 0.241 e. The number of benzene rings is 1. The summed E-state index contributed by atoms with van der Waals surface area (Å²) in [7, 11) is 2.06. The minimum atomic E-state index is -0.0672. The molecule has 1 amide bonds. The molecule has 0 spiro atoms. The molecule has 1 aromatic rings. The highest BCUT2D eigenvalue weighted by Gasteiger charge is 2.26. The Kier molecular flexibility index (Phi) is 4.93. The van der Waals surface area contributed by atoms with Gasteiger partial charge in [-0.2, -0.15) is 0 Å². The van der Waals surface area contributed by atoms with Gasteiger partial charge in [-0.15, -0.1) is 0 Å². The van der Waals surface area contributed by atoms with E-state index in [2.05, 4.69) is 29.4 Å². The lowest BCUT2D eigenvalue weighted by Crippen LogP contribution is -2.56. The fraction of sp³-hybridized carbons (Fsp3) is 0.533. The maximum absolute atomic E-state index is 12.5. The second kappa shape index (κ2) is 6.68. The Balaban J connectivity index is 1.98. The van der Waals surface area contributed by atoms with Gasteiger partial charge in [-0.1, -0.05) is 30.3 Å². The third-order valence-corrected chi connectivity index (χ3v) is 3.59. The molecule has 2 rings (SSSR count). The van der Waals surface area contributed by atoms with Gasteiger partial charge in [0.2, 0.25) is 5.91 Å². The van der Waals surface area contributed by atoms with Crippen molar-refractivity contribution >= 4 is 5.91 Å². The van der Waals surface area contributed by atoms with Crippen LogP contribution in [0, 0.1) is 0 Å². The van der Waals surface area contributed by atoms with Gasteiger partial charge in [0.05, 0.1) is 6.04 Å². The molecular weight excluding hydrogens is 238 g/mol. The maximum atomic E-state index is 12.5. The van der Waals surface area contributed by atoms with E-state index in [-0.39, 0.29) is 11.9 Å². The predicted molar refractivity (Wildman–Crippen MR) is 76.8 cm³/mol. The van der Waals surface area contributed by atoms with Gasteiger partial charge in [-0.05, 0) is 19.5 Å². The highest BCUT2D eigenvalue weighted by Crippen LogP contribution is 2.08. The Morgan fingerprint density at radius 1 is 1.42 bits per heavy atom. The van der Waals surface area contributed by atoms with Gasteiger partial charge in [0.15, 0.2) is 0 Å². The first-order valence-corrected chi connectivity index (χ1v) is 6.95. The first kappa shape index (κ1) is 14.0. The van der Waals surface area contributed by atoms with Crippen molar-refractivity contribution in [1.29, 1.82) is 0 Å². The molecule has 1 aliphatic rings. The average molecular weight is 261 g/mol. The number of carbonyl (C=O) groups is 1. The number of rotatable bonds is 4. The van der Waals surface area contributed by atoms with Gasteiger partial charge in [0, 0.05) is 32.7 Å². The van der Waals surface area contributed by atoms with Crippen LogP contribution < -0.4 is 5.32 Å². The highest BCUT2D eigenvalue weighted by molar-refractivity contribution is 5.82. The minimum Gasteiger partial charge on any atom is -0.337 e. The molecule has 1 fully saturated rings. The van der Waals surface area contributed by atoms with E-state index in [4.69, 9.17) is 0 Å². The van der Waals surface area contributed by atoms with Crippen molar-refractivity contribution in [2.24, 2.45) is 0 Å². The zero-order chi connectivity index (χ0) is 13.7. The quantitative estimate of drug-likeness (QED) is 0.876. The van der Waals surface area contributed by atoms with Crippen LogP contribution in [0.25, 0.3) is 0 Å². The van der Waals surface area contributed by atoms with Crippen LogP contribution in [0.1, 0.15) is 12.5 Å². The van der Waals surface area contributed by atoms with E-state index in [9.17, 15) is 4.79 Å². The van der Waals surface area contributed by atoms with Crippen molar-refractivity contribution in [3.63, 3.8) is 0 Å². The lowest BCUT2D eigenvalue weighted by atomic mass is 10.1. The van der Waals surface area contributed by atoms with E-state index in [1.807, 2.05) is 30.0 Å². The molecule has 0 bridgehead atoms. The summed E-state index contributed by atoms with van der Waals surface area (Å²) in [6, 6.07) is 10.1. The summed E-state index contributed by atoms with van der Waals surface area (Å²) in [5.41, 5.74) is 1.18. The first-order valence-electron chi connectivity index (χ1n) is 6.95. The molecule has 4 nitrogen and oxygen atoms in total. The number of piperazine rings is 1. The Hall–Kier alpha value is -1.39. The third-order valence-electron chi connectivity index (χ3n) is 3.59. The maximum Gasteiger partial charge on any atom is 0.241 e. The van der Waals surface area contributed by atoms with Crippen molar-refractivity contribution in [3.8, 4) is 0 Å². The van der Waals surface area contributed by atoms with E-state index in [1.54, 1.807) is 0 Å². The average Bonchev–Trinajstić information content (AvgIpc) is 2.45. The molecule has 19 heavy (non-hydrogen) atoms. The molecule has 1 N–H and O–H groups in total. The number of carbonyl (C=O) groups excluding carboxylic acids is 1. The Morgan fingerprint density at radius 2 is 2.16 bits per heavy atom. The number of hydrogen-bond acceptors (Lipinski definition) is 3. The summed E-state index contributed by atoms with van der Waals surface area (Å²) in [5.74, 6) is 0.206. The molecule has 1 saturated heterocycles. The van der Waals surface area contributed by atoms with Crippen molar-refractivity contribution in [1.82, 2.24) is 15.1 Å². The van der Waals surface area contributed by atoms with Gasteiger partial charge < -0.3 is 15.1 Å². The van der Waals surface area contributed by atoms with Gasteiger partial charge in [0.25, 0.3) is 0 Å². The van der Waals surface area contributed by atoms with Crippen LogP contribution in [0.5, 0.6) is 0 Å². The second-order valence-corrected chi connectivity index (χ2v) is 5.11. The Labute approximate surface area is 115 Å². The zero-order valence-electron chi connectivity index (χ0n) is 11.8. The number of nitrogens with one attached hydrogen (secondary N) is 1. The number of nitrogens with zero attached hydrogens (tertiary/aromatic N) is 2. The lowest BCUT2D eigenvalue weighted by molar-refractivity contribution is -0.134. The zero-order valence-corrected chi connectivity index (χ0v) is 11.8. The largest absolute Gasteiger partial charge is 0.337 e. The fourth-order valence-electron chi connectivity index (χ4n) is 2.43. The van der Waals surface area contributed by atoms with Crippen LogP contribution >= 0.6 is 0 Å². The molecule has 1 aromatic carbocycles. The van der Waals surface area contributed by atoms with Crippen LogP contribution in [-0.2, 0) is 11.3 Å². The van der Waals surface area contributed by atoms with E-state index < -0.39 is 0 Å². The molecule has 1 unspecified atom stereocenters. The molecule has 1 heterocycles. The number of hydrogen-bond donors (Lipinski definition) is 1. The third kappa shape index (κ3) is 3.78. The van der Waals surface area contributed by atoms with Crippen molar-refractivity contribution in [2.75, 3.05) is 33.2 Å². The molecule has 104 valence electrons. The molecule has 0 aromatic heterocycles. The predicted octanol–water partition coefficient (Wildman–Crippen LogP) is 0.939. The number of amides is 1. The van der Waals surface area contributed by atoms with Gasteiger partial charge in [-0.3, -0.25) is 4.79 Å². The summed E-state index contributed by atoms with van der Waals surface area (Å²) in [6.45, 7) is 6.16. The number of likely N-dealkylation sites (N-methyl/N-ethyl adjacent to an activating group) is 2. The van der Waals surface area contributed by atoms with Crippen molar-refractivity contribution < 1.29 is 4.79 Å². The van der Waals surface area contributed by atoms with Crippen molar-refractivity contribution in [3.05, 3.63) is 35.9 Å². The van der Waals surface area contributed by atoms with E-state index in [0.717, 1.165) is 26.2 Å². The van der Waals surface area contributed by atoms with Gasteiger partial charge in [-0.25, -0.2) is 0 Å². The van der Waals surface area contributed by atoms with Crippen LogP contribution in [0.4, 0.5) is 0 Å². The van der Waals surface area contributed by atoms with Crippen LogP contribution in [0.15, 0.2) is 30.3 Å². The molecule has 4 heteroatoms. The van der Waals surface area contributed by atoms with Crippen LogP contribution in [0.3, 0.4) is 0 Å². The molecule has 0 radical (unpaired) electrons. The standard InChI is InChI=1S/C15H23N3O/c1-3-18(11-13-7-5-4-6-8-13)15(19)14-12-17(2)10-9-16-14/h4-8,14,16H,3,9-12H2,1-2H3. The van der Waals surface area contributed by atoms with Gasteiger partial charge in [0.1, 0.15) is 0 Å². The monoisotopic (exact) mass is 261 g/mol. The molecule has 0 aliphatic carbocycles. The first-order chi connectivity index (χ1) is 9.20. The molecule has 1 atom stereocenters. The SMILES string of the molecule is CCN(Cc1ccccc1)C(=O)C1CN(C)CCN1. The topological polar surface area (TPSA) is 35.6 Å². The highest BCUT2D eigenvalue weighted by atomic mass is 16.2. The second-order valence-electron chi connectivity index (χ2n) is 5.11. The van der Waals surface area contributed by atoms with E-state index in [1.165, 1.54) is 5.56 Å². The van der Waals surface area contributed by atoms with Gasteiger partial charge >= 0.3 is 0 Å². The van der Waals surface area contributed by atoms with Crippen LogP contribution in [-0.4, -0.2) is 55.0 Å². The molecule has 0 saturated carbocycles. The normalized spacial score (nSPS) is 20.2. The minimum absolute atomic E-state index is 0.0672. The summed E-state index contributed by atoms with van der Waals surface area (Å²) < 4.78 is 0. The summed E-state index contributed by atoms with van der Waals surface area (Å²) >= 11 is 0. The van der Waals surface area contributed by atoms with Crippen LogP contribution in [0.2, 0.25) is 0 Å². The molecule has 1 aliphatic heterocycles. The molecular formula is C15H23N3O. The fourth-order valence-corrected chi connectivity index (χ4v) is 2.43.